The van der Waals surface area contributed by atoms with E-state index < -0.39 is 54.7 Å². The number of hydrogen-bond acceptors (Lipinski definition) is 2. The van der Waals surface area contributed by atoms with Gasteiger partial charge in [0, 0.05) is 13.3 Å². The minimum absolute atomic E-state index is 0.143. The van der Waals surface area contributed by atoms with Gasteiger partial charge in [0.25, 0.3) is 0 Å². The van der Waals surface area contributed by atoms with Crippen LogP contribution in [0.5, 0.6) is 0 Å². The van der Waals surface area contributed by atoms with Gasteiger partial charge in [-0.3, -0.25) is 4.79 Å². The van der Waals surface area contributed by atoms with Crippen molar-refractivity contribution in [1.29, 1.82) is 0 Å². The van der Waals surface area contributed by atoms with Gasteiger partial charge in [0.05, 0.1) is 7.45 Å². The zero-order valence-corrected chi connectivity index (χ0v) is 12.7. The monoisotopic (exact) mass is 300 g/mol. The van der Waals surface area contributed by atoms with Gasteiger partial charge in [-0.2, -0.15) is 0 Å². The molecule has 5 unspecified atom stereocenters. The number of allylic oxidation sites excluding steroid dienone is 1. The third-order valence-corrected chi connectivity index (χ3v) is 6.65. The summed E-state index contributed by atoms with van der Waals surface area (Å²) in [7, 11) is 0. The first-order valence-corrected chi connectivity index (χ1v) is 7.98. The zero-order valence-electron chi connectivity index (χ0n) is 18.7. The first-order chi connectivity index (χ1) is 12.4. The van der Waals surface area contributed by atoms with E-state index in [1.54, 1.807) is 0 Å². The van der Waals surface area contributed by atoms with Crippen LogP contribution in [0.4, 0.5) is 0 Å². The van der Waals surface area contributed by atoms with Crippen LogP contribution in [0.3, 0.4) is 0 Å². The molecule has 0 aromatic carbocycles. The molecule has 4 aliphatic rings. The lowest BCUT2D eigenvalue weighted by Crippen LogP contribution is -2.51. The zero-order chi connectivity index (χ0) is 20.1. The predicted octanol–water partition coefficient (Wildman–Crippen LogP) is 3.88. The molecule has 3 saturated carbocycles. The molecule has 0 saturated heterocycles. The normalized spacial score (nSPS) is 77.9. The molecule has 4 rings (SSSR count). The summed E-state index contributed by atoms with van der Waals surface area (Å²) < 4.78 is 50.9. The van der Waals surface area contributed by atoms with Crippen LogP contribution >= 0.6 is 0 Å². The minimum Gasteiger partial charge on any atom is -0.393 e. The van der Waals surface area contributed by atoms with Crippen LogP contribution in [0.2, 0.25) is 0 Å². The molecule has 0 aromatic rings. The first kappa shape index (κ1) is 8.86. The maximum atomic E-state index is 12.2. The summed E-state index contributed by atoms with van der Waals surface area (Å²) >= 11 is 0. The summed E-state index contributed by atoms with van der Waals surface area (Å²) in [6.45, 7) is 3.71. The van der Waals surface area contributed by atoms with Gasteiger partial charge in [-0.15, -0.1) is 0 Å². The number of ketones is 1. The smallest absolute Gasteiger partial charge is 0.155 e. The van der Waals surface area contributed by atoms with Crippen LogP contribution in [0, 0.1) is 28.6 Å². The second kappa shape index (κ2) is 4.44. The molecule has 21 heavy (non-hydrogen) atoms. The van der Waals surface area contributed by atoms with Crippen LogP contribution in [0.25, 0.3) is 0 Å². The number of fused-ring (bicyclic) bond motifs is 5. The third kappa shape index (κ3) is 1.78. The lowest BCUT2D eigenvalue weighted by molar-refractivity contribution is -0.118. The van der Waals surface area contributed by atoms with E-state index in [0.717, 1.165) is 0 Å². The summed E-state index contributed by atoms with van der Waals surface area (Å²) in [5.41, 5.74) is -1.11. The fourth-order valence-electron chi connectivity index (χ4n) is 5.20. The van der Waals surface area contributed by atoms with Crippen molar-refractivity contribution in [2.24, 2.45) is 28.6 Å². The lowest BCUT2D eigenvalue weighted by Gasteiger charge is -2.57. The molecule has 0 spiro atoms. The Morgan fingerprint density at radius 1 is 1.29 bits per heavy atom. The molecular formula is C19H28O2. The Morgan fingerprint density at radius 3 is 2.90 bits per heavy atom. The topological polar surface area (TPSA) is 37.3 Å². The van der Waals surface area contributed by atoms with Crippen molar-refractivity contribution >= 4 is 5.78 Å². The van der Waals surface area contributed by atoms with E-state index in [4.69, 9.17) is 8.22 Å². The van der Waals surface area contributed by atoms with Crippen LogP contribution < -0.4 is 0 Å². The van der Waals surface area contributed by atoms with Crippen molar-refractivity contribution in [1.82, 2.24) is 0 Å². The Balaban J connectivity index is 1.84. The lowest BCUT2D eigenvalue weighted by atomic mass is 9.47. The molecule has 116 valence electrons. The molecule has 2 heteroatoms. The number of carbonyl (C=O) groups excluding carboxylic acids is 1. The Hall–Kier alpha value is -0.630. The fraction of sp³-hybridized carbons (Fsp3) is 0.842. The van der Waals surface area contributed by atoms with Crippen LogP contribution in [-0.4, -0.2) is 17.0 Å². The van der Waals surface area contributed by atoms with Crippen molar-refractivity contribution in [2.45, 2.75) is 71.2 Å². The number of aliphatic hydroxyl groups is 1. The third-order valence-electron chi connectivity index (χ3n) is 6.65. The van der Waals surface area contributed by atoms with Gasteiger partial charge in [-0.25, -0.2) is 0 Å². The second-order valence-corrected chi connectivity index (χ2v) is 7.55. The van der Waals surface area contributed by atoms with Gasteiger partial charge < -0.3 is 5.11 Å². The van der Waals surface area contributed by atoms with Gasteiger partial charge in [-0.05, 0) is 79.5 Å². The average molecular weight is 300 g/mol. The highest BCUT2D eigenvalue weighted by Crippen LogP contribution is 2.65. The summed E-state index contributed by atoms with van der Waals surface area (Å²) in [6, 6.07) is 0. The molecule has 0 radical (unpaired) electrons. The van der Waals surface area contributed by atoms with Gasteiger partial charge in [0.15, 0.2) is 5.78 Å². The summed E-state index contributed by atoms with van der Waals surface area (Å²) in [4.78, 5) is 12.2. The standard InChI is InChI=1S/C19H28O2/c1-18-9-7-13(20)11-12(18)3-4-14-15-5-6-17(21)19(15,2)10-8-16(14)18/h11,14-17,21H,3-10H2,1-2H3/t14-,15-,16-,17-,18-,19-/m0/s1/i3T,4T,6T,7T,9T,17T/t3?,4?,6?,7?,9?,14-,15-,16-,17-,18-,19-. The summed E-state index contributed by atoms with van der Waals surface area (Å²) in [5, 5.41) is 10.7. The second-order valence-electron chi connectivity index (χ2n) is 7.55. The highest BCUT2D eigenvalue weighted by Gasteiger charge is 2.58. The molecule has 1 N–H and O–H groups in total. The van der Waals surface area contributed by atoms with E-state index in [1.807, 2.05) is 13.8 Å². The number of hydrogen-bond donors (Lipinski definition) is 1. The first-order valence-electron chi connectivity index (χ1n) is 11.4. The Kier molecular flexibility index (Phi) is 1.87. The van der Waals surface area contributed by atoms with Crippen molar-refractivity contribution < 1.29 is 18.1 Å². The highest BCUT2D eigenvalue weighted by atomic mass is 16.3. The van der Waals surface area contributed by atoms with Crippen molar-refractivity contribution in [3.05, 3.63) is 11.6 Å². The molecule has 3 fully saturated rings. The number of carbonyl (C=O) groups is 1. The molecule has 4 aliphatic carbocycles. The van der Waals surface area contributed by atoms with E-state index in [9.17, 15) is 9.90 Å². The van der Waals surface area contributed by atoms with E-state index in [0.29, 0.717) is 24.8 Å². The molecular weight excluding hydrogens is 260 g/mol. The molecule has 0 aliphatic heterocycles. The average Bonchev–Trinajstić information content (AvgIpc) is 2.79. The van der Waals surface area contributed by atoms with Gasteiger partial charge in [0.1, 0.15) is 0 Å². The van der Waals surface area contributed by atoms with Crippen LogP contribution in [0.1, 0.15) is 73.3 Å². The summed E-state index contributed by atoms with van der Waals surface area (Å²) in [5.74, 6) is -1.13. The molecule has 0 heterocycles. The summed E-state index contributed by atoms with van der Waals surface area (Å²) in [6.07, 6.45) is -3.97. The SMILES string of the molecule is [3H]C1C2=CC(=O)C([3H])C([3H])[C@]2(C)[C@H]2CC[C@@]3(C)[C@@H](CC([3H])[C@]3([3H])O)[C@@H]2C1[3H]. The largest absolute Gasteiger partial charge is 0.393 e. The van der Waals surface area contributed by atoms with E-state index in [1.165, 1.54) is 6.08 Å². The van der Waals surface area contributed by atoms with E-state index in [-0.39, 0.29) is 17.8 Å². The minimum atomic E-state index is -1.88. The maximum absolute atomic E-state index is 12.2. The van der Waals surface area contributed by atoms with Gasteiger partial charge in [-0.1, -0.05) is 19.4 Å². The molecule has 2 nitrogen and oxygen atoms in total. The predicted molar refractivity (Wildman–Crippen MR) is 82.7 cm³/mol. The Morgan fingerprint density at radius 2 is 2.10 bits per heavy atom. The van der Waals surface area contributed by atoms with E-state index >= 15 is 0 Å². The van der Waals surface area contributed by atoms with Crippen molar-refractivity contribution in [3.63, 3.8) is 0 Å². The van der Waals surface area contributed by atoms with Gasteiger partial charge in [0.2, 0.25) is 0 Å². The van der Waals surface area contributed by atoms with Crippen molar-refractivity contribution in [3.8, 4) is 0 Å². The molecule has 0 bridgehead atoms. The Bertz CT molecular complexity index is 710. The van der Waals surface area contributed by atoms with Gasteiger partial charge >= 0.3 is 0 Å². The maximum Gasteiger partial charge on any atom is 0.155 e. The molecule has 11 atom stereocenters. The fourth-order valence-corrected chi connectivity index (χ4v) is 5.20. The highest BCUT2D eigenvalue weighted by molar-refractivity contribution is 5.91. The Labute approximate surface area is 136 Å². The number of rotatable bonds is 0. The molecule has 0 aromatic heterocycles. The quantitative estimate of drug-likeness (QED) is 0.737. The van der Waals surface area contributed by atoms with E-state index in [2.05, 4.69) is 0 Å². The molecule has 0 amide bonds. The van der Waals surface area contributed by atoms with Crippen LogP contribution in [-0.2, 0) is 4.79 Å². The van der Waals surface area contributed by atoms with Crippen molar-refractivity contribution in [2.75, 3.05) is 0 Å². The van der Waals surface area contributed by atoms with Crippen LogP contribution in [0.15, 0.2) is 11.6 Å².